The zero-order chi connectivity index (χ0) is 20.7. The monoisotopic (exact) mass is 422 g/mol. The van der Waals surface area contributed by atoms with Crippen LogP contribution in [0.3, 0.4) is 0 Å². The van der Waals surface area contributed by atoms with E-state index < -0.39 is 11.7 Å². The Labute approximate surface area is 174 Å². The molecule has 0 fully saturated rings. The molecule has 30 heavy (non-hydrogen) atoms. The third kappa shape index (κ3) is 3.11. The van der Waals surface area contributed by atoms with Gasteiger partial charge in [-0.1, -0.05) is 19.1 Å². The molecular weight excluding hydrogens is 406 g/mol. The number of alkyl halides is 2. The molecule has 4 heterocycles. The number of nitrogens with zero attached hydrogens (tertiary/aromatic N) is 6. The quantitative estimate of drug-likeness (QED) is 0.403. The van der Waals surface area contributed by atoms with E-state index in [1.54, 1.807) is 42.7 Å². The van der Waals surface area contributed by atoms with Gasteiger partial charge in [-0.3, -0.25) is 4.98 Å². The molecule has 5 rings (SSSR count). The molecule has 1 aromatic carbocycles. The van der Waals surface area contributed by atoms with Crippen molar-refractivity contribution < 1.29 is 8.78 Å². The summed E-state index contributed by atoms with van der Waals surface area (Å²) in [5.74, 6) is -3.91. The average Bonchev–Trinajstić information content (AvgIpc) is 3.40. The second kappa shape index (κ2) is 7.17. The van der Waals surface area contributed by atoms with Crippen LogP contribution in [0.25, 0.3) is 27.1 Å². The topological polar surface area (TPSA) is 68.9 Å². The maximum Gasteiger partial charge on any atom is 0.333 e. The molecule has 150 valence electrons. The Bertz CT molecular complexity index is 1360. The first-order valence-electron chi connectivity index (χ1n) is 9.47. The summed E-state index contributed by atoms with van der Waals surface area (Å²) in [6.45, 7) is 2.08. The Morgan fingerprint density at radius 1 is 1.07 bits per heavy atom. The molecule has 0 radical (unpaired) electrons. The second-order valence-electron chi connectivity index (χ2n) is 6.87. The van der Waals surface area contributed by atoms with Gasteiger partial charge in [0.15, 0.2) is 5.65 Å². The molecule has 9 heteroatoms. The van der Waals surface area contributed by atoms with Gasteiger partial charge in [-0.05, 0) is 43.2 Å². The fraction of sp³-hybridized carbons (Fsp3) is 0.190. The molecule has 0 atom stereocenters. The summed E-state index contributed by atoms with van der Waals surface area (Å²) >= 11 is 1.51. The number of benzene rings is 1. The first kappa shape index (κ1) is 18.7. The van der Waals surface area contributed by atoms with Crippen LogP contribution in [0.4, 0.5) is 8.78 Å². The second-order valence-corrected chi connectivity index (χ2v) is 7.98. The Kier molecular flexibility index (Phi) is 4.47. The predicted octanol–water partition coefficient (Wildman–Crippen LogP) is 4.89. The molecule has 0 amide bonds. The van der Waals surface area contributed by atoms with Crippen LogP contribution in [-0.4, -0.2) is 29.8 Å². The number of rotatable bonds is 5. The summed E-state index contributed by atoms with van der Waals surface area (Å²) < 4.78 is 32.0. The molecule has 0 saturated heterocycles. The maximum atomic E-state index is 15.4. The molecule has 5 aromatic rings. The highest BCUT2D eigenvalue weighted by Gasteiger charge is 2.40. The van der Waals surface area contributed by atoms with Crippen molar-refractivity contribution in [1.82, 2.24) is 29.8 Å². The van der Waals surface area contributed by atoms with Crippen LogP contribution < -0.4 is 0 Å². The lowest BCUT2D eigenvalue weighted by Gasteiger charge is -2.15. The lowest BCUT2D eigenvalue weighted by molar-refractivity contribution is 0.0307. The van der Waals surface area contributed by atoms with E-state index in [0.717, 1.165) is 27.2 Å². The van der Waals surface area contributed by atoms with Crippen LogP contribution in [0.2, 0.25) is 0 Å². The summed E-state index contributed by atoms with van der Waals surface area (Å²) in [5.41, 5.74) is 1.28. The van der Waals surface area contributed by atoms with Gasteiger partial charge in [0, 0.05) is 23.3 Å². The number of hydrogen-bond donors (Lipinski definition) is 0. The summed E-state index contributed by atoms with van der Waals surface area (Å²) in [6.07, 6.45) is 5.22. The lowest BCUT2D eigenvalue weighted by Crippen LogP contribution is -2.20. The van der Waals surface area contributed by atoms with Gasteiger partial charge in [-0.15, -0.1) is 21.5 Å². The van der Waals surface area contributed by atoms with Crippen molar-refractivity contribution in [2.75, 3.05) is 0 Å². The summed E-state index contributed by atoms with van der Waals surface area (Å²) in [4.78, 5) is 9.38. The largest absolute Gasteiger partial charge is 0.333 e. The first-order valence-corrected chi connectivity index (χ1v) is 10.3. The van der Waals surface area contributed by atoms with E-state index >= 15 is 8.78 Å². The number of aryl methyl sites for hydroxylation is 1. The SMILES string of the molecule is CCCc1ncc(-c2ccc3nnc(C(F)(F)c4ccc5ncccc5c4)n3n2)s1. The number of halogens is 2. The van der Waals surface area contributed by atoms with Gasteiger partial charge in [0.25, 0.3) is 0 Å². The zero-order valence-corrected chi connectivity index (χ0v) is 16.8. The van der Waals surface area contributed by atoms with Crippen LogP contribution in [0, 0.1) is 0 Å². The first-order chi connectivity index (χ1) is 14.6. The molecule has 0 aliphatic heterocycles. The van der Waals surface area contributed by atoms with Gasteiger partial charge in [-0.2, -0.15) is 18.4 Å². The number of thiazole rings is 1. The third-order valence-electron chi connectivity index (χ3n) is 4.78. The Morgan fingerprint density at radius 3 is 2.83 bits per heavy atom. The van der Waals surface area contributed by atoms with Gasteiger partial charge < -0.3 is 0 Å². The summed E-state index contributed by atoms with van der Waals surface area (Å²) in [7, 11) is 0. The van der Waals surface area contributed by atoms with E-state index in [2.05, 4.69) is 32.2 Å². The van der Waals surface area contributed by atoms with Crippen molar-refractivity contribution in [3.8, 4) is 10.6 Å². The number of pyridine rings is 1. The van der Waals surface area contributed by atoms with E-state index in [0.29, 0.717) is 16.6 Å². The fourth-order valence-corrected chi connectivity index (χ4v) is 4.26. The van der Waals surface area contributed by atoms with Crippen LogP contribution in [0.15, 0.2) is 54.9 Å². The lowest BCUT2D eigenvalue weighted by atomic mass is 10.0. The van der Waals surface area contributed by atoms with Crippen LogP contribution in [0.1, 0.15) is 29.7 Å². The molecule has 4 aromatic heterocycles. The van der Waals surface area contributed by atoms with E-state index in [9.17, 15) is 0 Å². The highest BCUT2D eigenvalue weighted by atomic mass is 32.1. The normalized spacial score (nSPS) is 12.1. The number of aromatic nitrogens is 6. The molecule has 0 spiro atoms. The Balaban J connectivity index is 1.60. The van der Waals surface area contributed by atoms with E-state index in [1.165, 1.54) is 23.5 Å². The molecule has 6 nitrogen and oxygen atoms in total. The minimum Gasteiger partial charge on any atom is -0.256 e. The van der Waals surface area contributed by atoms with Gasteiger partial charge in [0.05, 0.1) is 15.4 Å². The van der Waals surface area contributed by atoms with Crippen LogP contribution in [0.5, 0.6) is 0 Å². The molecular formula is C21H16F2N6S. The molecule has 0 aliphatic rings. The molecule has 0 N–H and O–H groups in total. The zero-order valence-electron chi connectivity index (χ0n) is 16.0. The Hall–Kier alpha value is -3.33. The summed E-state index contributed by atoms with van der Waals surface area (Å²) in [5, 5.41) is 13.7. The number of fused-ring (bicyclic) bond motifs is 2. The third-order valence-corrected chi connectivity index (χ3v) is 5.86. The van der Waals surface area contributed by atoms with Gasteiger partial charge >= 0.3 is 5.92 Å². The van der Waals surface area contributed by atoms with Crippen LogP contribution >= 0.6 is 11.3 Å². The fourth-order valence-electron chi connectivity index (χ4n) is 3.27. The van der Waals surface area contributed by atoms with E-state index in [-0.39, 0.29) is 11.2 Å². The number of hydrogen-bond acceptors (Lipinski definition) is 6. The molecule has 0 unspecified atom stereocenters. The van der Waals surface area contributed by atoms with Gasteiger partial charge in [0.1, 0.15) is 5.69 Å². The smallest absolute Gasteiger partial charge is 0.256 e. The Morgan fingerprint density at radius 2 is 1.97 bits per heavy atom. The van der Waals surface area contributed by atoms with E-state index in [1.807, 2.05) is 0 Å². The predicted molar refractivity (Wildman–Crippen MR) is 111 cm³/mol. The molecule has 0 saturated carbocycles. The average molecular weight is 422 g/mol. The van der Waals surface area contributed by atoms with E-state index in [4.69, 9.17) is 0 Å². The maximum absolute atomic E-state index is 15.4. The highest BCUT2D eigenvalue weighted by molar-refractivity contribution is 7.15. The molecule has 0 bridgehead atoms. The van der Waals surface area contributed by atoms with Gasteiger partial charge in [-0.25, -0.2) is 4.98 Å². The van der Waals surface area contributed by atoms with Crippen molar-refractivity contribution in [2.24, 2.45) is 0 Å². The van der Waals surface area contributed by atoms with Crippen molar-refractivity contribution in [2.45, 2.75) is 25.7 Å². The van der Waals surface area contributed by atoms with Crippen molar-refractivity contribution in [3.63, 3.8) is 0 Å². The van der Waals surface area contributed by atoms with Crippen molar-refractivity contribution in [3.05, 3.63) is 71.3 Å². The highest BCUT2D eigenvalue weighted by Crippen LogP contribution is 2.36. The minimum atomic E-state index is -3.38. The standard InChI is InChI=1S/C21H16F2N6S/c1-2-4-19-25-12-17(30-19)16-8-9-18-26-27-20(29(18)28-16)21(22,23)14-6-7-15-13(11-14)5-3-10-24-15/h3,5-12H,2,4H2,1H3. The van der Waals surface area contributed by atoms with Crippen molar-refractivity contribution >= 4 is 27.9 Å². The molecule has 0 aliphatic carbocycles. The summed E-state index contributed by atoms with van der Waals surface area (Å²) in [6, 6.07) is 11.2. The van der Waals surface area contributed by atoms with Crippen molar-refractivity contribution in [1.29, 1.82) is 0 Å². The minimum absolute atomic E-state index is 0.187. The van der Waals surface area contributed by atoms with Crippen LogP contribution in [-0.2, 0) is 12.3 Å². The van der Waals surface area contributed by atoms with Gasteiger partial charge in [0.2, 0.25) is 5.82 Å².